The minimum Gasteiger partial charge on any atom is -0.457 e. The van der Waals surface area contributed by atoms with Gasteiger partial charge in [0.25, 0.3) is 5.91 Å². The van der Waals surface area contributed by atoms with Crippen molar-refractivity contribution in [2.75, 3.05) is 11.4 Å². The van der Waals surface area contributed by atoms with Crippen molar-refractivity contribution in [1.82, 2.24) is 0 Å². The van der Waals surface area contributed by atoms with Crippen LogP contribution in [0.3, 0.4) is 0 Å². The molecule has 1 aliphatic rings. The Morgan fingerprint density at radius 2 is 1.83 bits per heavy atom. The number of hydrogen-bond acceptors (Lipinski definition) is 3. The number of carbonyl (C=O) groups excluding carboxylic acids is 2. The van der Waals surface area contributed by atoms with Crippen LogP contribution in [0.2, 0.25) is 0 Å². The topological polar surface area (TPSA) is 46.6 Å². The largest absolute Gasteiger partial charge is 0.457 e. The number of amides is 1. The first-order chi connectivity index (χ1) is 11.3. The van der Waals surface area contributed by atoms with E-state index in [2.05, 4.69) is 13.8 Å². The maximum atomic E-state index is 12.9. The molecule has 1 aromatic carbocycles. The first-order valence-electron chi connectivity index (χ1n) is 8.62. The van der Waals surface area contributed by atoms with E-state index in [4.69, 9.17) is 4.74 Å². The van der Waals surface area contributed by atoms with Gasteiger partial charge in [0.05, 0.1) is 11.3 Å². The molecule has 0 fully saturated rings. The van der Waals surface area contributed by atoms with Gasteiger partial charge in [-0.3, -0.25) is 4.79 Å². The van der Waals surface area contributed by atoms with E-state index in [9.17, 15) is 9.59 Å². The van der Waals surface area contributed by atoms with Crippen LogP contribution in [0.4, 0.5) is 5.69 Å². The Bertz CT molecular complexity index is 651. The van der Waals surface area contributed by atoms with Gasteiger partial charge in [0.15, 0.2) is 0 Å². The molecule has 0 saturated heterocycles. The number of fused-ring (bicyclic) bond motifs is 1. The average molecular weight is 329 g/mol. The summed E-state index contributed by atoms with van der Waals surface area (Å²) in [5, 5.41) is 0. The Balaban J connectivity index is 2.34. The smallest absolute Gasteiger partial charge is 0.332 e. The standard InChI is InChI=1S/C20H27NO3/c1-6-14(7-2)13-21-17-11-9-8-10-15(17)16(19(21)23)12-18(22)24-20(3,4)5/h8-12,14H,6-7,13H2,1-5H3/b16-12+. The molecule has 0 spiro atoms. The van der Waals surface area contributed by atoms with Gasteiger partial charge in [-0.25, -0.2) is 4.79 Å². The zero-order valence-electron chi connectivity index (χ0n) is 15.3. The molecule has 2 rings (SSSR count). The fourth-order valence-corrected chi connectivity index (χ4v) is 2.88. The Morgan fingerprint density at radius 3 is 2.42 bits per heavy atom. The van der Waals surface area contributed by atoms with E-state index in [-0.39, 0.29) is 5.91 Å². The molecule has 0 N–H and O–H groups in total. The van der Waals surface area contributed by atoms with Crippen LogP contribution >= 0.6 is 0 Å². The number of carbonyl (C=O) groups is 2. The quantitative estimate of drug-likeness (QED) is 0.601. The predicted molar refractivity (Wildman–Crippen MR) is 96.7 cm³/mol. The highest BCUT2D eigenvalue weighted by atomic mass is 16.6. The minimum absolute atomic E-state index is 0.117. The number of nitrogens with zero attached hydrogens (tertiary/aromatic N) is 1. The van der Waals surface area contributed by atoms with E-state index in [0.29, 0.717) is 18.0 Å². The molecule has 1 heterocycles. The number of hydrogen-bond donors (Lipinski definition) is 0. The molecular formula is C20H27NO3. The van der Waals surface area contributed by atoms with Crippen LogP contribution in [0, 0.1) is 5.92 Å². The molecule has 130 valence electrons. The molecule has 0 atom stereocenters. The first kappa shape index (κ1) is 18.2. The molecule has 0 unspecified atom stereocenters. The lowest BCUT2D eigenvalue weighted by molar-refractivity contribution is -0.148. The van der Waals surface area contributed by atoms with Gasteiger partial charge in [-0.2, -0.15) is 0 Å². The second-order valence-corrected chi connectivity index (χ2v) is 7.21. The lowest BCUT2D eigenvalue weighted by atomic mass is 10.0. The van der Waals surface area contributed by atoms with Crippen molar-refractivity contribution in [3.8, 4) is 0 Å². The zero-order chi connectivity index (χ0) is 17.9. The van der Waals surface area contributed by atoms with E-state index in [1.165, 1.54) is 6.08 Å². The van der Waals surface area contributed by atoms with Crippen molar-refractivity contribution in [2.45, 2.75) is 53.1 Å². The molecule has 0 radical (unpaired) electrons. The summed E-state index contributed by atoms with van der Waals surface area (Å²) >= 11 is 0. The van der Waals surface area contributed by atoms with Gasteiger partial charge < -0.3 is 9.64 Å². The molecule has 24 heavy (non-hydrogen) atoms. The van der Waals surface area contributed by atoms with E-state index in [1.54, 1.807) is 4.90 Å². The Hall–Kier alpha value is -2.10. The number of esters is 1. The molecule has 0 saturated carbocycles. The Labute approximate surface area is 144 Å². The zero-order valence-corrected chi connectivity index (χ0v) is 15.3. The third-order valence-electron chi connectivity index (χ3n) is 4.23. The molecule has 4 nitrogen and oxygen atoms in total. The molecule has 4 heteroatoms. The van der Waals surface area contributed by atoms with E-state index in [0.717, 1.165) is 24.1 Å². The number of benzene rings is 1. The molecule has 0 aliphatic carbocycles. The van der Waals surface area contributed by atoms with Crippen molar-refractivity contribution >= 4 is 23.1 Å². The van der Waals surface area contributed by atoms with Gasteiger partial charge in [-0.15, -0.1) is 0 Å². The van der Waals surface area contributed by atoms with Gasteiger partial charge in [0.1, 0.15) is 5.60 Å². The van der Waals surface area contributed by atoms with Crippen molar-refractivity contribution in [2.24, 2.45) is 5.92 Å². The van der Waals surface area contributed by atoms with Gasteiger partial charge in [-0.05, 0) is 32.8 Å². The van der Waals surface area contributed by atoms with Gasteiger partial charge >= 0.3 is 5.97 Å². The monoisotopic (exact) mass is 329 g/mol. The molecule has 0 aromatic heterocycles. The maximum absolute atomic E-state index is 12.9. The Kier molecular flexibility index (Phi) is 5.47. The fraction of sp³-hybridized carbons (Fsp3) is 0.500. The van der Waals surface area contributed by atoms with Gasteiger partial charge in [0.2, 0.25) is 0 Å². The third-order valence-corrected chi connectivity index (χ3v) is 4.23. The minimum atomic E-state index is -0.579. The van der Waals surface area contributed by atoms with Crippen molar-refractivity contribution in [1.29, 1.82) is 0 Å². The maximum Gasteiger partial charge on any atom is 0.332 e. The highest BCUT2D eigenvalue weighted by molar-refractivity contribution is 6.34. The number of anilines is 1. The summed E-state index contributed by atoms with van der Waals surface area (Å²) in [7, 11) is 0. The second-order valence-electron chi connectivity index (χ2n) is 7.21. The van der Waals surface area contributed by atoms with Crippen LogP contribution < -0.4 is 4.90 Å². The number of para-hydroxylation sites is 1. The first-order valence-corrected chi connectivity index (χ1v) is 8.62. The molecular weight excluding hydrogens is 302 g/mol. The van der Waals surface area contributed by atoms with E-state index >= 15 is 0 Å². The fourth-order valence-electron chi connectivity index (χ4n) is 2.88. The van der Waals surface area contributed by atoms with E-state index in [1.807, 2.05) is 45.0 Å². The molecule has 1 aliphatic heterocycles. The van der Waals surface area contributed by atoms with Crippen LogP contribution in [0.1, 0.15) is 53.0 Å². The number of ether oxygens (including phenoxy) is 1. The number of rotatable bonds is 5. The van der Waals surface area contributed by atoms with E-state index < -0.39 is 11.6 Å². The lowest BCUT2D eigenvalue weighted by Gasteiger charge is -2.22. The van der Waals surface area contributed by atoms with Crippen LogP contribution in [0.25, 0.3) is 5.57 Å². The summed E-state index contributed by atoms with van der Waals surface area (Å²) in [6.45, 7) is 10.4. The Morgan fingerprint density at radius 1 is 1.21 bits per heavy atom. The SMILES string of the molecule is CCC(CC)CN1C(=O)/C(=C/C(=O)OC(C)(C)C)c2ccccc21. The van der Waals surface area contributed by atoms with Crippen molar-refractivity contribution in [3.63, 3.8) is 0 Å². The third kappa shape index (κ3) is 4.05. The summed E-state index contributed by atoms with van der Waals surface area (Å²) in [5.74, 6) is -0.151. The highest BCUT2D eigenvalue weighted by Crippen LogP contribution is 2.37. The van der Waals surface area contributed by atoms with Crippen LogP contribution in [-0.4, -0.2) is 24.0 Å². The summed E-state index contributed by atoms with van der Waals surface area (Å²) in [6.07, 6.45) is 3.38. The second kappa shape index (κ2) is 7.20. The predicted octanol–water partition coefficient (Wildman–Crippen LogP) is 4.19. The summed E-state index contributed by atoms with van der Waals surface area (Å²) < 4.78 is 5.34. The highest BCUT2D eigenvalue weighted by Gasteiger charge is 2.33. The lowest BCUT2D eigenvalue weighted by Crippen LogP contribution is -2.32. The van der Waals surface area contributed by atoms with Crippen LogP contribution in [0.15, 0.2) is 30.3 Å². The van der Waals surface area contributed by atoms with Crippen LogP contribution in [0.5, 0.6) is 0 Å². The van der Waals surface area contributed by atoms with Crippen LogP contribution in [-0.2, 0) is 14.3 Å². The normalized spacial score (nSPS) is 16.0. The summed E-state index contributed by atoms with van der Waals surface area (Å²) in [6, 6.07) is 7.62. The van der Waals surface area contributed by atoms with Crippen molar-refractivity contribution in [3.05, 3.63) is 35.9 Å². The summed E-state index contributed by atoms with van der Waals surface area (Å²) in [4.78, 5) is 26.8. The summed E-state index contributed by atoms with van der Waals surface area (Å²) in [5.41, 5.74) is 1.53. The molecule has 1 amide bonds. The molecule has 0 bridgehead atoms. The van der Waals surface area contributed by atoms with Gasteiger partial charge in [-0.1, -0.05) is 44.9 Å². The molecule has 1 aromatic rings. The average Bonchev–Trinajstić information content (AvgIpc) is 2.76. The van der Waals surface area contributed by atoms with Crippen molar-refractivity contribution < 1.29 is 14.3 Å². The van der Waals surface area contributed by atoms with Gasteiger partial charge in [0, 0.05) is 18.2 Å².